The molecule has 1 unspecified atom stereocenters. The van der Waals surface area contributed by atoms with Crippen LogP contribution in [0.4, 0.5) is 0 Å². The zero-order valence-electron chi connectivity index (χ0n) is 6.03. The molecule has 1 atom stereocenters. The lowest BCUT2D eigenvalue weighted by Gasteiger charge is -1.95. The quantitative estimate of drug-likeness (QED) is 0.460. The Morgan fingerprint density at radius 2 is 2.33 bits per heavy atom. The van der Waals surface area contributed by atoms with Gasteiger partial charge in [0.1, 0.15) is 0 Å². The molecule has 0 aliphatic rings. The highest BCUT2D eigenvalue weighted by atomic mass is 31.1. The first kappa shape index (κ1) is 9.06. The molecule has 0 aromatic rings. The number of carbonyl (C=O) groups is 1. The van der Waals surface area contributed by atoms with E-state index < -0.39 is 0 Å². The smallest absolute Gasteiger partial charge is 0.151 e. The van der Waals surface area contributed by atoms with Crippen molar-refractivity contribution in [3.8, 4) is 0 Å². The zero-order chi connectivity index (χ0) is 7.11. The molecule has 0 bridgehead atoms. The van der Waals surface area contributed by atoms with Gasteiger partial charge in [-0.15, -0.1) is 0 Å². The Labute approximate surface area is 58.2 Å². The summed E-state index contributed by atoms with van der Waals surface area (Å²) in [4.78, 5) is 10.7. The molecule has 0 fully saturated rings. The van der Waals surface area contributed by atoms with Crippen LogP contribution in [-0.2, 0) is 4.79 Å². The largest absolute Gasteiger partial charge is 0.320 e. The average molecular weight is 147 g/mol. The Bertz CT molecular complexity index is 85.1. The first-order valence-electron chi connectivity index (χ1n) is 3.16. The van der Waals surface area contributed by atoms with Crippen LogP contribution in [0.1, 0.15) is 12.8 Å². The highest BCUT2D eigenvalue weighted by Crippen LogP contribution is 2.08. The first-order valence-corrected chi connectivity index (χ1v) is 4.66. The predicted molar refractivity (Wildman–Crippen MR) is 42.4 cm³/mol. The summed E-state index contributed by atoms with van der Waals surface area (Å²) in [6.45, 7) is 2.89. The van der Waals surface area contributed by atoms with Crippen LogP contribution in [0.15, 0.2) is 0 Å². The summed E-state index contributed by atoms with van der Waals surface area (Å²) in [5.41, 5.74) is 0.394. The van der Waals surface area contributed by atoms with Gasteiger partial charge in [-0.3, -0.25) is 4.79 Å². The molecule has 0 spiro atoms. The van der Waals surface area contributed by atoms with Crippen molar-refractivity contribution >= 4 is 14.1 Å². The topological polar surface area (TPSA) is 29.1 Å². The third-order valence-electron chi connectivity index (χ3n) is 1.11. The van der Waals surface area contributed by atoms with Crippen molar-refractivity contribution < 1.29 is 4.79 Å². The maximum Gasteiger partial charge on any atom is 0.151 e. The van der Waals surface area contributed by atoms with Crippen LogP contribution in [0.2, 0.25) is 0 Å². The second-order valence-electron chi connectivity index (χ2n) is 1.88. The van der Waals surface area contributed by atoms with Crippen molar-refractivity contribution in [2.75, 3.05) is 20.3 Å². The Morgan fingerprint density at radius 1 is 1.67 bits per heavy atom. The fraction of sp³-hybridized carbons (Fsp3) is 0.833. The SMILES string of the molecule is CNCCCC(=O)PC. The minimum Gasteiger partial charge on any atom is -0.320 e. The van der Waals surface area contributed by atoms with Gasteiger partial charge in [-0.2, -0.15) is 0 Å². The van der Waals surface area contributed by atoms with Crippen LogP contribution in [0, 0.1) is 0 Å². The summed E-state index contributed by atoms with van der Waals surface area (Å²) in [5, 5.41) is 3.00. The van der Waals surface area contributed by atoms with Crippen molar-refractivity contribution in [2.45, 2.75) is 12.8 Å². The highest BCUT2D eigenvalue weighted by Gasteiger charge is 1.94. The Morgan fingerprint density at radius 3 is 2.78 bits per heavy atom. The lowest BCUT2D eigenvalue weighted by Crippen LogP contribution is -2.08. The monoisotopic (exact) mass is 147 g/mol. The van der Waals surface area contributed by atoms with Gasteiger partial charge in [0.25, 0.3) is 0 Å². The number of carbonyl (C=O) groups excluding carboxylic acids is 1. The molecule has 0 aromatic heterocycles. The Hall–Kier alpha value is 0.0600. The van der Waals surface area contributed by atoms with E-state index in [1.807, 2.05) is 13.7 Å². The van der Waals surface area contributed by atoms with Crippen molar-refractivity contribution in [2.24, 2.45) is 0 Å². The van der Waals surface area contributed by atoms with Gasteiger partial charge in [0.05, 0.1) is 0 Å². The fourth-order valence-corrected chi connectivity index (χ4v) is 0.977. The lowest BCUT2D eigenvalue weighted by atomic mass is 10.3. The Kier molecular flexibility index (Phi) is 6.23. The van der Waals surface area contributed by atoms with Crippen molar-refractivity contribution in [1.82, 2.24) is 5.32 Å². The normalized spacial score (nSPS) is 10.9. The molecule has 0 radical (unpaired) electrons. The van der Waals surface area contributed by atoms with Crippen LogP contribution in [-0.4, -0.2) is 25.8 Å². The van der Waals surface area contributed by atoms with Crippen LogP contribution in [0.3, 0.4) is 0 Å². The van der Waals surface area contributed by atoms with Gasteiger partial charge in [0.15, 0.2) is 5.52 Å². The van der Waals surface area contributed by atoms with Gasteiger partial charge in [-0.05, 0) is 26.7 Å². The van der Waals surface area contributed by atoms with E-state index in [9.17, 15) is 4.79 Å². The number of hydrogen-bond donors (Lipinski definition) is 1. The fourth-order valence-electron chi connectivity index (χ4n) is 0.551. The third kappa shape index (κ3) is 5.94. The van der Waals surface area contributed by atoms with E-state index >= 15 is 0 Å². The van der Waals surface area contributed by atoms with E-state index in [4.69, 9.17) is 0 Å². The minimum absolute atomic E-state index is 0.394. The molecule has 54 valence electrons. The maximum atomic E-state index is 10.7. The molecule has 0 aromatic carbocycles. The van der Waals surface area contributed by atoms with Gasteiger partial charge in [0.2, 0.25) is 0 Å². The third-order valence-corrected chi connectivity index (χ3v) is 1.92. The maximum absolute atomic E-state index is 10.7. The van der Waals surface area contributed by atoms with E-state index in [1.54, 1.807) is 0 Å². The van der Waals surface area contributed by atoms with Gasteiger partial charge < -0.3 is 5.32 Å². The first-order chi connectivity index (χ1) is 4.31. The standard InChI is InChI=1S/C6H14NOP/c1-7-5-3-4-6(8)9-2/h7,9H,3-5H2,1-2H3. The van der Waals surface area contributed by atoms with E-state index in [0.717, 1.165) is 19.4 Å². The highest BCUT2D eigenvalue weighted by molar-refractivity contribution is 7.57. The molecule has 0 aliphatic carbocycles. The molecule has 3 heteroatoms. The Balaban J connectivity index is 2.97. The van der Waals surface area contributed by atoms with Crippen LogP contribution < -0.4 is 5.32 Å². The molecule has 2 nitrogen and oxygen atoms in total. The van der Waals surface area contributed by atoms with Crippen molar-refractivity contribution in [3.05, 3.63) is 0 Å². The second-order valence-corrected chi connectivity index (χ2v) is 2.94. The molecule has 1 N–H and O–H groups in total. The molecule has 0 saturated carbocycles. The summed E-state index contributed by atoms with van der Waals surface area (Å²) in [6.07, 6.45) is 1.73. The van der Waals surface area contributed by atoms with Gasteiger partial charge in [-0.1, -0.05) is 8.58 Å². The summed E-state index contributed by atoms with van der Waals surface area (Å²) in [7, 11) is 2.38. The molecule has 0 saturated heterocycles. The second kappa shape index (κ2) is 6.18. The number of rotatable bonds is 5. The minimum atomic E-state index is 0.394. The van der Waals surface area contributed by atoms with Crippen LogP contribution in [0.25, 0.3) is 0 Å². The number of hydrogen-bond acceptors (Lipinski definition) is 2. The van der Waals surface area contributed by atoms with E-state index in [-0.39, 0.29) is 0 Å². The summed E-state index contributed by atoms with van der Waals surface area (Å²) in [6, 6.07) is 0. The summed E-state index contributed by atoms with van der Waals surface area (Å²) >= 11 is 0. The summed E-state index contributed by atoms with van der Waals surface area (Å²) < 4.78 is 0. The lowest BCUT2D eigenvalue weighted by molar-refractivity contribution is -0.111. The average Bonchev–Trinajstić information content (AvgIpc) is 1.89. The van der Waals surface area contributed by atoms with Crippen LogP contribution >= 0.6 is 8.58 Å². The van der Waals surface area contributed by atoms with E-state index in [1.165, 1.54) is 0 Å². The number of nitrogens with one attached hydrogen (secondary N) is 1. The molecule has 0 heterocycles. The van der Waals surface area contributed by atoms with Gasteiger partial charge >= 0.3 is 0 Å². The molecular formula is C6H14NOP. The summed E-state index contributed by atoms with van der Waals surface area (Å²) in [5.74, 6) is 0. The van der Waals surface area contributed by atoms with Gasteiger partial charge in [-0.25, -0.2) is 0 Å². The molecule has 9 heavy (non-hydrogen) atoms. The van der Waals surface area contributed by atoms with Crippen molar-refractivity contribution in [3.63, 3.8) is 0 Å². The van der Waals surface area contributed by atoms with E-state index in [0.29, 0.717) is 14.1 Å². The zero-order valence-corrected chi connectivity index (χ0v) is 7.03. The predicted octanol–water partition coefficient (Wildman–Crippen LogP) is 0.821. The molecule has 0 amide bonds. The van der Waals surface area contributed by atoms with E-state index in [2.05, 4.69) is 5.32 Å². The molecule has 0 aliphatic heterocycles. The van der Waals surface area contributed by atoms with Crippen molar-refractivity contribution in [1.29, 1.82) is 0 Å². The van der Waals surface area contributed by atoms with Gasteiger partial charge in [0, 0.05) is 6.42 Å². The molecule has 0 rings (SSSR count). The molecular weight excluding hydrogens is 133 g/mol. The van der Waals surface area contributed by atoms with Crippen LogP contribution in [0.5, 0.6) is 0 Å².